The molecular weight excluding hydrogens is 312 g/mol. The van der Waals surface area contributed by atoms with Crippen LogP contribution in [0.4, 0.5) is 5.13 Å². The highest BCUT2D eigenvalue weighted by Gasteiger charge is 2.34. The highest BCUT2D eigenvalue weighted by molar-refractivity contribution is 7.15. The van der Waals surface area contributed by atoms with Gasteiger partial charge in [0.25, 0.3) is 0 Å². The van der Waals surface area contributed by atoms with E-state index in [1.807, 2.05) is 0 Å². The number of nitrogens with one attached hydrogen (secondary N) is 1. The quantitative estimate of drug-likeness (QED) is 0.895. The minimum absolute atomic E-state index is 0.0680. The van der Waals surface area contributed by atoms with Crippen molar-refractivity contribution < 1.29 is 9.59 Å². The van der Waals surface area contributed by atoms with Crippen molar-refractivity contribution in [2.75, 3.05) is 18.4 Å². The van der Waals surface area contributed by atoms with Crippen LogP contribution in [0.15, 0.2) is 0 Å². The number of carbonyl (C=O) groups is 2. The average molecular weight is 338 g/mol. The first-order chi connectivity index (χ1) is 10.7. The van der Waals surface area contributed by atoms with Crippen molar-refractivity contribution in [1.29, 1.82) is 0 Å². The van der Waals surface area contributed by atoms with Gasteiger partial charge in [0.2, 0.25) is 16.9 Å². The molecule has 1 aliphatic heterocycles. The van der Waals surface area contributed by atoms with Gasteiger partial charge in [-0.1, -0.05) is 46.0 Å². The molecule has 23 heavy (non-hydrogen) atoms. The van der Waals surface area contributed by atoms with Crippen molar-refractivity contribution >= 4 is 28.3 Å². The third-order valence-corrected chi connectivity index (χ3v) is 5.12. The van der Waals surface area contributed by atoms with Crippen LogP contribution in [-0.4, -0.2) is 40.0 Å². The van der Waals surface area contributed by atoms with Crippen molar-refractivity contribution in [3.63, 3.8) is 0 Å². The summed E-state index contributed by atoms with van der Waals surface area (Å²) in [5.41, 5.74) is -0.0857. The number of hydrogen-bond acceptors (Lipinski definition) is 5. The first kappa shape index (κ1) is 17.8. The van der Waals surface area contributed by atoms with Gasteiger partial charge in [0.1, 0.15) is 5.01 Å². The molecule has 2 amide bonds. The summed E-state index contributed by atoms with van der Waals surface area (Å²) in [6.45, 7) is 11.7. The molecule has 1 saturated heterocycles. The van der Waals surface area contributed by atoms with E-state index in [1.54, 1.807) is 4.90 Å². The number of amides is 2. The van der Waals surface area contributed by atoms with Gasteiger partial charge in [-0.3, -0.25) is 9.59 Å². The van der Waals surface area contributed by atoms with Crippen LogP contribution < -0.4 is 5.32 Å². The molecule has 1 atom stereocenters. The Balaban J connectivity index is 1.91. The van der Waals surface area contributed by atoms with Gasteiger partial charge in [0, 0.05) is 24.9 Å². The van der Waals surface area contributed by atoms with E-state index in [1.165, 1.54) is 11.3 Å². The molecule has 7 heteroatoms. The molecule has 0 aromatic carbocycles. The molecule has 1 fully saturated rings. The fraction of sp³-hybridized carbons (Fsp3) is 0.750. The van der Waals surface area contributed by atoms with E-state index in [-0.39, 0.29) is 29.6 Å². The predicted molar refractivity (Wildman–Crippen MR) is 91.4 cm³/mol. The third kappa shape index (κ3) is 4.73. The Kier molecular flexibility index (Phi) is 5.39. The van der Waals surface area contributed by atoms with Crippen LogP contribution in [-0.2, 0) is 15.0 Å². The summed E-state index contributed by atoms with van der Waals surface area (Å²) in [5.74, 6) is 0.185. The Labute approximate surface area is 141 Å². The summed E-state index contributed by atoms with van der Waals surface area (Å²) in [7, 11) is 0. The Bertz CT molecular complexity index is 577. The summed E-state index contributed by atoms with van der Waals surface area (Å²) in [6, 6.07) is 0. The fourth-order valence-electron chi connectivity index (χ4n) is 2.36. The van der Waals surface area contributed by atoms with E-state index in [2.05, 4.69) is 50.1 Å². The first-order valence-electron chi connectivity index (χ1n) is 8.09. The van der Waals surface area contributed by atoms with Crippen LogP contribution in [0.3, 0.4) is 0 Å². The Morgan fingerprint density at radius 1 is 1.39 bits per heavy atom. The van der Waals surface area contributed by atoms with Gasteiger partial charge in [0.05, 0.1) is 5.92 Å². The summed E-state index contributed by atoms with van der Waals surface area (Å²) < 4.78 is 0. The highest BCUT2D eigenvalue weighted by atomic mass is 32.1. The minimum Gasteiger partial charge on any atom is -0.342 e. The molecule has 0 spiro atoms. The number of aromatic nitrogens is 2. The Hall–Kier alpha value is -1.50. The van der Waals surface area contributed by atoms with Crippen LogP contribution in [0.2, 0.25) is 0 Å². The molecule has 0 unspecified atom stereocenters. The lowest BCUT2D eigenvalue weighted by atomic mass is 9.98. The Morgan fingerprint density at radius 3 is 2.65 bits per heavy atom. The lowest BCUT2D eigenvalue weighted by molar-refractivity contribution is -0.128. The zero-order valence-electron chi connectivity index (χ0n) is 14.5. The van der Waals surface area contributed by atoms with Gasteiger partial charge < -0.3 is 10.2 Å². The van der Waals surface area contributed by atoms with Crippen molar-refractivity contribution in [1.82, 2.24) is 15.1 Å². The molecule has 1 aliphatic rings. The smallest absolute Gasteiger partial charge is 0.231 e. The molecule has 0 saturated carbocycles. The molecule has 2 rings (SSSR count). The van der Waals surface area contributed by atoms with E-state index in [0.717, 1.165) is 18.0 Å². The van der Waals surface area contributed by atoms with Crippen LogP contribution in [0.5, 0.6) is 0 Å². The largest absolute Gasteiger partial charge is 0.342 e. The maximum absolute atomic E-state index is 12.4. The number of rotatable bonds is 5. The van der Waals surface area contributed by atoms with E-state index >= 15 is 0 Å². The zero-order chi connectivity index (χ0) is 17.2. The van der Waals surface area contributed by atoms with E-state index < -0.39 is 0 Å². The zero-order valence-corrected chi connectivity index (χ0v) is 15.4. The van der Waals surface area contributed by atoms with Crippen LogP contribution in [0.1, 0.15) is 52.5 Å². The summed E-state index contributed by atoms with van der Waals surface area (Å²) in [5, 5.41) is 12.4. The first-order valence-corrected chi connectivity index (χ1v) is 8.91. The predicted octanol–water partition coefficient (Wildman–Crippen LogP) is 2.67. The van der Waals surface area contributed by atoms with Crippen molar-refractivity contribution in [3.8, 4) is 0 Å². The molecular formula is C16H26N4O2S. The highest BCUT2D eigenvalue weighted by Crippen LogP contribution is 2.28. The number of likely N-dealkylation sites (tertiary alicyclic amines) is 1. The van der Waals surface area contributed by atoms with E-state index in [0.29, 0.717) is 17.6 Å². The van der Waals surface area contributed by atoms with Crippen LogP contribution in [0, 0.1) is 11.8 Å². The molecule has 1 N–H and O–H groups in total. The summed E-state index contributed by atoms with van der Waals surface area (Å²) in [4.78, 5) is 26.2. The number of carbonyl (C=O) groups excluding carboxylic acids is 2. The number of hydrogen-bond donors (Lipinski definition) is 1. The Morgan fingerprint density at radius 2 is 2.09 bits per heavy atom. The minimum atomic E-state index is -0.295. The molecule has 0 aliphatic carbocycles. The van der Waals surface area contributed by atoms with Crippen molar-refractivity contribution in [3.05, 3.63) is 5.01 Å². The molecule has 2 heterocycles. The third-order valence-electron chi connectivity index (χ3n) is 3.86. The maximum Gasteiger partial charge on any atom is 0.231 e. The van der Waals surface area contributed by atoms with E-state index in [9.17, 15) is 9.59 Å². The van der Waals surface area contributed by atoms with Gasteiger partial charge >= 0.3 is 0 Å². The van der Waals surface area contributed by atoms with Crippen LogP contribution in [0.25, 0.3) is 0 Å². The second-order valence-corrected chi connectivity index (χ2v) is 8.55. The standard InChI is InChI=1S/C16H26N4O2S/c1-10(2)6-7-20-9-11(8-12(20)21)13(22)17-15-19-18-14(23-15)16(3,4)5/h10-11H,6-9H2,1-5H3,(H,17,19,22)/t11-/m0/s1. The monoisotopic (exact) mass is 338 g/mol. The molecule has 128 valence electrons. The molecule has 1 aromatic rings. The fourth-order valence-corrected chi connectivity index (χ4v) is 3.17. The topological polar surface area (TPSA) is 75.2 Å². The van der Waals surface area contributed by atoms with Crippen molar-refractivity contribution in [2.24, 2.45) is 11.8 Å². The normalized spacial score (nSPS) is 18.8. The maximum atomic E-state index is 12.4. The second kappa shape index (κ2) is 6.95. The summed E-state index contributed by atoms with van der Waals surface area (Å²) in [6.07, 6.45) is 1.25. The molecule has 6 nitrogen and oxygen atoms in total. The lowest BCUT2D eigenvalue weighted by Crippen LogP contribution is -2.29. The SMILES string of the molecule is CC(C)CCN1C[C@@H](C(=O)Nc2nnc(C(C)(C)C)s2)CC1=O. The van der Waals surface area contributed by atoms with Gasteiger partial charge in [0.15, 0.2) is 0 Å². The van der Waals surface area contributed by atoms with Gasteiger partial charge in [-0.15, -0.1) is 10.2 Å². The number of anilines is 1. The van der Waals surface area contributed by atoms with E-state index in [4.69, 9.17) is 0 Å². The summed E-state index contributed by atoms with van der Waals surface area (Å²) >= 11 is 1.39. The molecule has 0 bridgehead atoms. The average Bonchev–Trinajstić information content (AvgIpc) is 3.03. The molecule has 1 aromatic heterocycles. The lowest BCUT2D eigenvalue weighted by Gasteiger charge is -2.17. The van der Waals surface area contributed by atoms with Gasteiger partial charge in [-0.2, -0.15) is 0 Å². The van der Waals surface area contributed by atoms with Gasteiger partial charge in [-0.05, 0) is 12.3 Å². The van der Waals surface area contributed by atoms with Gasteiger partial charge in [-0.25, -0.2) is 0 Å². The van der Waals surface area contributed by atoms with Crippen molar-refractivity contribution in [2.45, 2.75) is 52.9 Å². The second-order valence-electron chi connectivity index (χ2n) is 7.57. The number of nitrogens with zero attached hydrogens (tertiary/aromatic N) is 3. The molecule has 0 radical (unpaired) electrons. The van der Waals surface area contributed by atoms with Crippen LogP contribution >= 0.6 is 11.3 Å².